The first-order valence-electron chi connectivity index (χ1n) is 8.65. The second-order valence-corrected chi connectivity index (χ2v) is 6.52. The molecule has 0 amide bonds. The van der Waals surface area contributed by atoms with Gasteiger partial charge in [-0.05, 0) is 42.2 Å². The Morgan fingerprint density at radius 1 is 1.08 bits per heavy atom. The lowest BCUT2D eigenvalue weighted by molar-refractivity contribution is -0.0614. The highest BCUT2D eigenvalue weighted by molar-refractivity contribution is 5.10. The Bertz CT molecular complexity index is 638. The van der Waals surface area contributed by atoms with Crippen molar-refractivity contribution in [1.82, 2.24) is 14.9 Å². The summed E-state index contributed by atoms with van der Waals surface area (Å²) < 4.78 is 12.4. The van der Waals surface area contributed by atoms with Crippen molar-refractivity contribution in [1.29, 1.82) is 0 Å². The largest absolute Gasteiger partial charge is 0.374 e. The van der Waals surface area contributed by atoms with Gasteiger partial charge in [0.2, 0.25) is 0 Å². The van der Waals surface area contributed by atoms with Gasteiger partial charge in [-0.3, -0.25) is 14.9 Å². The van der Waals surface area contributed by atoms with E-state index >= 15 is 0 Å². The minimum atomic E-state index is 0.136. The molecule has 3 atom stereocenters. The predicted octanol–water partition coefficient (Wildman–Crippen LogP) is 2.43. The summed E-state index contributed by atoms with van der Waals surface area (Å²) in [5.41, 5.74) is 2.41. The molecule has 2 aromatic heterocycles. The summed E-state index contributed by atoms with van der Waals surface area (Å²) in [7, 11) is 0. The molecule has 1 saturated heterocycles. The zero-order valence-electron chi connectivity index (χ0n) is 13.8. The van der Waals surface area contributed by atoms with Crippen LogP contribution in [0.2, 0.25) is 0 Å². The lowest BCUT2D eigenvalue weighted by Crippen LogP contribution is -2.42. The molecule has 0 aromatic carbocycles. The molecular formula is C19H23N3O2. The number of hydrogen-bond donors (Lipinski definition) is 0. The van der Waals surface area contributed by atoms with Crippen molar-refractivity contribution in [3.05, 3.63) is 60.2 Å². The molecule has 5 heteroatoms. The topological polar surface area (TPSA) is 47.5 Å². The van der Waals surface area contributed by atoms with Gasteiger partial charge in [-0.15, -0.1) is 0 Å². The smallest absolute Gasteiger partial charge is 0.0995 e. The van der Waals surface area contributed by atoms with Crippen molar-refractivity contribution >= 4 is 0 Å². The second-order valence-electron chi connectivity index (χ2n) is 6.52. The molecule has 1 saturated carbocycles. The number of aromatic nitrogens is 2. The van der Waals surface area contributed by atoms with Crippen molar-refractivity contribution in [2.24, 2.45) is 0 Å². The van der Waals surface area contributed by atoms with E-state index in [0.29, 0.717) is 12.6 Å². The molecule has 2 fully saturated rings. The highest BCUT2D eigenvalue weighted by Gasteiger charge is 2.42. The van der Waals surface area contributed by atoms with Gasteiger partial charge in [0, 0.05) is 43.9 Å². The van der Waals surface area contributed by atoms with E-state index in [1.807, 2.05) is 43.0 Å². The standard InChI is InChI=1S/C19H23N3O2/c1-2-16(12-21-7-1)13-22-10-11-23-18-4-3-17(22)19(18)24-14-15-5-8-20-9-6-15/h1-2,5-9,12,17-19H,3-4,10-11,13-14H2/t17-,18-,19-/m0/s1. The maximum absolute atomic E-state index is 6.29. The maximum atomic E-state index is 6.29. The molecule has 3 heterocycles. The first-order chi connectivity index (χ1) is 11.9. The van der Waals surface area contributed by atoms with E-state index in [4.69, 9.17) is 9.47 Å². The molecule has 2 aromatic rings. The summed E-state index contributed by atoms with van der Waals surface area (Å²) in [4.78, 5) is 10.8. The Morgan fingerprint density at radius 2 is 2.00 bits per heavy atom. The summed E-state index contributed by atoms with van der Waals surface area (Å²) >= 11 is 0. The lowest BCUT2D eigenvalue weighted by Gasteiger charge is -2.31. The number of rotatable bonds is 5. The fourth-order valence-electron chi connectivity index (χ4n) is 3.78. The molecule has 0 radical (unpaired) electrons. The van der Waals surface area contributed by atoms with Gasteiger partial charge in [-0.1, -0.05) is 6.07 Å². The Balaban J connectivity index is 1.45. The monoisotopic (exact) mass is 325 g/mol. The van der Waals surface area contributed by atoms with Crippen LogP contribution < -0.4 is 0 Å². The zero-order chi connectivity index (χ0) is 16.2. The molecule has 0 spiro atoms. The first kappa shape index (κ1) is 15.7. The van der Waals surface area contributed by atoms with Gasteiger partial charge in [0.15, 0.2) is 0 Å². The van der Waals surface area contributed by atoms with E-state index in [2.05, 4.69) is 20.9 Å². The van der Waals surface area contributed by atoms with Crippen LogP contribution in [0.5, 0.6) is 0 Å². The second kappa shape index (κ2) is 7.38. The zero-order valence-corrected chi connectivity index (χ0v) is 13.8. The quantitative estimate of drug-likeness (QED) is 0.845. The highest BCUT2D eigenvalue weighted by Crippen LogP contribution is 2.33. The van der Waals surface area contributed by atoms with Crippen LogP contribution in [0.25, 0.3) is 0 Å². The number of nitrogens with zero attached hydrogens (tertiary/aromatic N) is 3. The van der Waals surface area contributed by atoms with Gasteiger partial charge in [0.25, 0.3) is 0 Å². The third kappa shape index (κ3) is 3.48. The molecule has 1 aliphatic carbocycles. The lowest BCUT2D eigenvalue weighted by atomic mass is 10.1. The first-order valence-corrected chi connectivity index (χ1v) is 8.65. The van der Waals surface area contributed by atoms with Crippen LogP contribution in [-0.2, 0) is 22.6 Å². The maximum Gasteiger partial charge on any atom is 0.0995 e. The van der Waals surface area contributed by atoms with Crippen LogP contribution in [0.1, 0.15) is 24.0 Å². The van der Waals surface area contributed by atoms with Gasteiger partial charge < -0.3 is 9.47 Å². The van der Waals surface area contributed by atoms with Gasteiger partial charge >= 0.3 is 0 Å². The number of ether oxygens (including phenoxy) is 2. The molecule has 4 rings (SSSR count). The van der Waals surface area contributed by atoms with Gasteiger partial charge in [0.05, 0.1) is 25.4 Å². The summed E-state index contributed by atoms with van der Waals surface area (Å²) in [5.74, 6) is 0. The van der Waals surface area contributed by atoms with Crippen molar-refractivity contribution < 1.29 is 9.47 Å². The van der Waals surface area contributed by atoms with E-state index in [1.54, 1.807) is 0 Å². The molecule has 2 aliphatic rings. The van der Waals surface area contributed by atoms with Gasteiger partial charge in [-0.25, -0.2) is 0 Å². The van der Waals surface area contributed by atoms with E-state index in [0.717, 1.165) is 38.1 Å². The third-order valence-electron chi connectivity index (χ3n) is 4.97. The fraction of sp³-hybridized carbons (Fsp3) is 0.474. The fourth-order valence-corrected chi connectivity index (χ4v) is 3.78. The van der Waals surface area contributed by atoms with Crippen LogP contribution in [0.3, 0.4) is 0 Å². The summed E-state index contributed by atoms with van der Waals surface area (Å²) in [5, 5.41) is 0. The minimum absolute atomic E-state index is 0.136. The molecular weight excluding hydrogens is 302 g/mol. The van der Waals surface area contributed by atoms with Crippen molar-refractivity contribution in [3.63, 3.8) is 0 Å². The Labute approximate surface area is 142 Å². The van der Waals surface area contributed by atoms with E-state index in [-0.39, 0.29) is 12.2 Å². The third-order valence-corrected chi connectivity index (χ3v) is 4.97. The van der Waals surface area contributed by atoms with Crippen LogP contribution >= 0.6 is 0 Å². The summed E-state index contributed by atoms with van der Waals surface area (Å²) in [6.07, 6.45) is 9.96. The predicted molar refractivity (Wildman–Crippen MR) is 90.2 cm³/mol. The Hall–Kier alpha value is -1.82. The molecule has 1 aliphatic heterocycles. The van der Waals surface area contributed by atoms with Crippen molar-refractivity contribution in [2.75, 3.05) is 13.2 Å². The van der Waals surface area contributed by atoms with E-state index in [1.165, 1.54) is 5.56 Å². The van der Waals surface area contributed by atoms with Crippen LogP contribution in [-0.4, -0.2) is 46.3 Å². The molecule has 0 N–H and O–H groups in total. The summed E-state index contributed by atoms with van der Waals surface area (Å²) in [6.45, 7) is 3.25. The Kier molecular flexibility index (Phi) is 4.83. The Morgan fingerprint density at radius 3 is 2.83 bits per heavy atom. The highest BCUT2D eigenvalue weighted by atomic mass is 16.5. The number of pyridine rings is 2. The van der Waals surface area contributed by atoms with Gasteiger partial charge in [-0.2, -0.15) is 0 Å². The van der Waals surface area contributed by atoms with Crippen molar-refractivity contribution in [3.8, 4) is 0 Å². The molecule has 2 bridgehead atoms. The van der Waals surface area contributed by atoms with Gasteiger partial charge in [0.1, 0.15) is 0 Å². The molecule has 24 heavy (non-hydrogen) atoms. The number of fused-ring (bicyclic) bond motifs is 2. The van der Waals surface area contributed by atoms with Crippen LogP contribution in [0.15, 0.2) is 49.1 Å². The van der Waals surface area contributed by atoms with E-state index < -0.39 is 0 Å². The van der Waals surface area contributed by atoms with Crippen molar-refractivity contribution in [2.45, 2.75) is 44.2 Å². The molecule has 126 valence electrons. The number of hydrogen-bond acceptors (Lipinski definition) is 5. The molecule has 5 nitrogen and oxygen atoms in total. The van der Waals surface area contributed by atoms with Crippen LogP contribution in [0, 0.1) is 0 Å². The van der Waals surface area contributed by atoms with E-state index in [9.17, 15) is 0 Å². The average molecular weight is 325 g/mol. The summed E-state index contributed by atoms with van der Waals surface area (Å²) in [6, 6.07) is 8.57. The minimum Gasteiger partial charge on any atom is -0.374 e. The average Bonchev–Trinajstić information content (AvgIpc) is 2.94. The normalized spacial score (nSPS) is 27.1. The molecule has 0 unspecified atom stereocenters. The SMILES string of the molecule is c1cncc(CN2CCO[C@H]3CC[C@H]2[C@@H]3OCc2ccncc2)c1. The van der Waals surface area contributed by atoms with Crippen LogP contribution in [0.4, 0.5) is 0 Å².